The minimum absolute atomic E-state index is 0.226. The summed E-state index contributed by atoms with van der Waals surface area (Å²) in [6.45, 7) is 6.23. The van der Waals surface area contributed by atoms with Crippen LogP contribution in [0.25, 0.3) is 0 Å². The van der Waals surface area contributed by atoms with Gasteiger partial charge in [0, 0.05) is 12.6 Å². The molecule has 1 N–H and O–H groups in total. The highest BCUT2D eigenvalue weighted by atomic mass is 16.2. The highest BCUT2D eigenvalue weighted by molar-refractivity contribution is 5.79. The summed E-state index contributed by atoms with van der Waals surface area (Å²) in [5.74, 6) is 0.226. The lowest BCUT2D eigenvalue weighted by atomic mass is 10.1. The normalized spacial score (nSPS) is 14.4. The van der Waals surface area contributed by atoms with Gasteiger partial charge in [-0.2, -0.15) is 0 Å². The first-order chi connectivity index (χ1) is 9.24. The fourth-order valence-electron chi connectivity index (χ4n) is 2.22. The van der Waals surface area contributed by atoms with Crippen molar-refractivity contribution in [3.05, 3.63) is 35.4 Å². The standard InChI is InChI=1S/C16H24N2O/c1-3-13-5-7-14(8-6-13)12-18(15-9-10-15)16(19)11-17-4-2/h5-8,15,17H,3-4,9-12H2,1-2H3. The molecule has 0 spiro atoms. The van der Waals surface area contributed by atoms with Gasteiger partial charge in [0.1, 0.15) is 0 Å². The number of carbonyl (C=O) groups is 1. The van der Waals surface area contributed by atoms with E-state index in [9.17, 15) is 4.79 Å². The van der Waals surface area contributed by atoms with Crippen molar-refractivity contribution >= 4 is 5.91 Å². The summed E-state index contributed by atoms with van der Waals surface area (Å²) in [4.78, 5) is 14.2. The van der Waals surface area contributed by atoms with Gasteiger partial charge in [0.2, 0.25) is 5.91 Å². The summed E-state index contributed by atoms with van der Waals surface area (Å²) in [5.41, 5.74) is 2.58. The molecule has 0 aliphatic heterocycles. The van der Waals surface area contributed by atoms with Gasteiger partial charge in [-0.25, -0.2) is 0 Å². The fourth-order valence-corrected chi connectivity index (χ4v) is 2.22. The Bertz CT molecular complexity index is 409. The second-order valence-electron chi connectivity index (χ2n) is 5.20. The van der Waals surface area contributed by atoms with Crippen LogP contribution in [-0.2, 0) is 17.8 Å². The highest BCUT2D eigenvalue weighted by Crippen LogP contribution is 2.28. The lowest BCUT2D eigenvalue weighted by Gasteiger charge is -2.23. The van der Waals surface area contributed by atoms with E-state index in [1.165, 1.54) is 11.1 Å². The van der Waals surface area contributed by atoms with Crippen LogP contribution in [0.15, 0.2) is 24.3 Å². The summed E-state index contributed by atoms with van der Waals surface area (Å²) in [7, 11) is 0. The second kappa shape index (κ2) is 6.71. The highest BCUT2D eigenvalue weighted by Gasteiger charge is 2.32. The van der Waals surface area contributed by atoms with E-state index < -0.39 is 0 Å². The molecule has 1 aliphatic rings. The molecular weight excluding hydrogens is 236 g/mol. The summed E-state index contributed by atoms with van der Waals surface area (Å²) in [6, 6.07) is 9.09. The van der Waals surface area contributed by atoms with Crippen LogP contribution in [0.4, 0.5) is 0 Å². The molecule has 1 fully saturated rings. The molecule has 0 bridgehead atoms. The third-order valence-electron chi connectivity index (χ3n) is 3.62. The fraction of sp³-hybridized carbons (Fsp3) is 0.562. The number of hydrogen-bond acceptors (Lipinski definition) is 2. The Kier molecular flexibility index (Phi) is 4.97. The van der Waals surface area contributed by atoms with Crippen LogP contribution in [0.1, 0.15) is 37.8 Å². The molecule has 0 aromatic heterocycles. The number of carbonyl (C=O) groups excluding carboxylic acids is 1. The van der Waals surface area contributed by atoms with E-state index >= 15 is 0 Å². The quantitative estimate of drug-likeness (QED) is 0.816. The van der Waals surface area contributed by atoms with Gasteiger partial charge in [0.25, 0.3) is 0 Å². The molecule has 0 unspecified atom stereocenters. The largest absolute Gasteiger partial charge is 0.334 e. The van der Waals surface area contributed by atoms with Crippen molar-refractivity contribution in [1.82, 2.24) is 10.2 Å². The first kappa shape index (κ1) is 14.1. The third-order valence-corrected chi connectivity index (χ3v) is 3.62. The van der Waals surface area contributed by atoms with Crippen LogP contribution >= 0.6 is 0 Å². The Morgan fingerprint density at radius 3 is 2.37 bits per heavy atom. The molecule has 104 valence electrons. The van der Waals surface area contributed by atoms with Crippen LogP contribution in [0.2, 0.25) is 0 Å². The number of nitrogens with one attached hydrogen (secondary N) is 1. The van der Waals surface area contributed by atoms with E-state index in [1.54, 1.807) is 0 Å². The van der Waals surface area contributed by atoms with E-state index in [2.05, 4.69) is 36.5 Å². The molecule has 1 saturated carbocycles. The molecule has 2 rings (SSSR count). The van der Waals surface area contributed by atoms with Crippen molar-refractivity contribution in [2.45, 2.75) is 45.7 Å². The number of nitrogens with zero attached hydrogens (tertiary/aromatic N) is 1. The summed E-state index contributed by atoms with van der Waals surface area (Å²) >= 11 is 0. The van der Waals surface area contributed by atoms with Crippen LogP contribution in [-0.4, -0.2) is 29.9 Å². The van der Waals surface area contributed by atoms with Gasteiger partial charge >= 0.3 is 0 Å². The molecule has 0 heterocycles. The molecule has 1 aromatic carbocycles. The van der Waals surface area contributed by atoms with E-state index in [1.807, 2.05) is 11.8 Å². The Morgan fingerprint density at radius 1 is 1.21 bits per heavy atom. The summed E-state index contributed by atoms with van der Waals surface area (Å²) in [5, 5.41) is 3.12. The van der Waals surface area contributed by atoms with Crippen molar-refractivity contribution in [1.29, 1.82) is 0 Å². The first-order valence-corrected chi connectivity index (χ1v) is 7.32. The number of aryl methyl sites for hydroxylation is 1. The molecule has 0 saturated heterocycles. The van der Waals surface area contributed by atoms with E-state index in [0.717, 1.165) is 32.4 Å². The van der Waals surface area contributed by atoms with Crippen LogP contribution in [0.5, 0.6) is 0 Å². The minimum Gasteiger partial charge on any atom is -0.334 e. The lowest BCUT2D eigenvalue weighted by molar-refractivity contribution is -0.131. The second-order valence-corrected chi connectivity index (χ2v) is 5.20. The maximum Gasteiger partial charge on any atom is 0.237 e. The molecule has 0 radical (unpaired) electrons. The van der Waals surface area contributed by atoms with Gasteiger partial charge in [0.15, 0.2) is 0 Å². The molecule has 3 nitrogen and oxygen atoms in total. The van der Waals surface area contributed by atoms with Gasteiger partial charge in [-0.15, -0.1) is 0 Å². The van der Waals surface area contributed by atoms with Gasteiger partial charge in [-0.1, -0.05) is 38.1 Å². The predicted molar refractivity (Wildman–Crippen MR) is 77.9 cm³/mol. The van der Waals surface area contributed by atoms with Crippen LogP contribution in [0.3, 0.4) is 0 Å². The number of rotatable bonds is 7. The molecule has 3 heteroatoms. The van der Waals surface area contributed by atoms with Crippen molar-refractivity contribution in [2.75, 3.05) is 13.1 Å². The van der Waals surface area contributed by atoms with Gasteiger partial charge in [-0.3, -0.25) is 4.79 Å². The molecule has 0 atom stereocenters. The van der Waals surface area contributed by atoms with Gasteiger partial charge in [-0.05, 0) is 36.9 Å². The smallest absolute Gasteiger partial charge is 0.237 e. The SMILES string of the molecule is CCNCC(=O)N(Cc1ccc(CC)cc1)C1CC1. The molecule has 1 aromatic rings. The Balaban J connectivity index is 1.97. The topological polar surface area (TPSA) is 32.3 Å². The van der Waals surface area contributed by atoms with Gasteiger partial charge < -0.3 is 10.2 Å². The third kappa shape index (κ3) is 4.06. The number of amides is 1. The van der Waals surface area contributed by atoms with Crippen LogP contribution in [0, 0.1) is 0 Å². The molecular formula is C16H24N2O. The number of benzene rings is 1. The minimum atomic E-state index is 0.226. The van der Waals surface area contributed by atoms with Gasteiger partial charge in [0.05, 0.1) is 6.54 Å². The van der Waals surface area contributed by atoms with Crippen molar-refractivity contribution in [3.63, 3.8) is 0 Å². The van der Waals surface area contributed by atoms with Crippen molar-refractivity contribution in [2.24, 2.45) is 0 Å². The molecule has 19 heavy (non-hydrogen) atoms. The van der Waals surface area contributed by atoms with Crippen LogP contribution < -0.4 is 5.32 Å². The Morgan fingerprint density at radius 2 is 1.84 bits per heavy atom. The average molecular weight is 260 g/mol. The zero-order chi connectivity index (χ0) is 13.7. The molecule has 1 amide bonds. The lowest BCUT2D eigenvalue weighted by Crippen LogP contribution is -2.39. The number of hydrogen-bond donors (Lipinski definition) is 1. The van der Waals surface area contributed by atoms with E-state index in [0.29, 0.717) is 12.6 Å². The summed E-state index contributed by atoms with van der Waals surface area (Å²) in [6.07, 6.45) is 3.38. The maximum absolute atomic E-state index is 12.2. The zero-order valence-corrected chi connectivity index (χ0v) is 12.0. The predicted octanol–water partition coefficient (Wildman–Crippen LogP) is 2.35. The van der Waals surface area contributed by atoms with E-state index in [4.69, 9.17) is 0 Å². The monoisotopic (exact) mass is 260 g/mol. The average Bonchev–Trinajstić information content (AvgIpc) is 3.27. The molecule has 1 aliphatic carbocycles. The Labute approximate surface area is 116 Å². The first-order valence-electron chi connectivity index (χ1n) is 7.32. The van der Waals surface area contributed by atoms with Crippen molar-refractivity contribution < 1.29 is 4.79 Å². The van der Waals surface area contributed by atoms with E-state index in [-0.39, 0.29) is 5.91 Å². The Hall–Kier alpha value is -1.35. The zero-order valence-electron chi connectivity index (χ0n) is 12.0. The number of likely N-dealkylation sites (N-methyl/N-ethyl adjacent to an activating group) is 1. The maximum atomic E-state index is 12.2. The summed E-state index contributed by atoms with van der Waals surface area (Å²) < 4.78 is 0. The van der Waals surface area contributed by atoms with Crippen molar-refractivity contribution in [3.8, 4) is 0 Å².